The number of rotatable bonds is 2. The predicted molar refractivity (Wildman–Crippen MR) is 105 cm³/mol. The Balaban J connectivity index is 1.77. The van der Waals surface area contributed by atoms with Crippen LogP contribution in [0.2, 0.25) is 0 Å². The van der Waals surface area contributed by atoms with Gasteiger partial charge in [0.05, 0.1) is 29.0 Å². The van der Waals surface area contributed by atoms with Crippen LogP contribution in [0.4, 0.5) is 4.39 Å². The number of ether oxygens (including phenoxy) is 1. The van der Waals surface area contributed by atoms with Crippen molar-refractivity contribution in [2.45, 2.75) is 31.0 Å². The third kappa shape index (κ3) is 4.07. The van der Waals surface area contributed by atoms with E-state index in [-0.39, 0.29) is 16.8 Å². The van der Waals surface area contributed by atoms with E-state index in [0.29, 0.717) is 24.3 Å². The maximum atomic E-state index is 13.3. The van der Waals surface area contributed by atoms with E-state index in [9.17, 15) is 12.8 Å². The minimum absolute atomic E-state index is 0.000304. The van der Waals surface area contributed by atoms with Crippen molar-refractivity contribution in [3.63, 3.8) is 0 Å². The van der Waals surface area contributed by atoms with Crippen molar-refractivity contribution < 1.29 is 17.5 Å². The van der Waals surface area contributed by atoms with Crippen molar-refractivity contribution in [2.24, 2.45) is 5.14 Å². The highest BCUT2D eigenvalue weighted by Gasteiger charge is 2.25. The molecule has 0 unspecified atom stereocenters. The summed E-state index contributed by atoms with van der Waals surface area (Å²) in [4.78, 5) is 0.000304. The predicted octanol–water partition coefficient (Wildman–Crippen LogP) is 2.52. The van der Waals surface area contributed by atoms with Crippen molar-refractivity contribution >= 4 is 10.0 Å². The van der Waals surface area contributed by atoms with E-state index in [1.54, 1.807) is 28.9 Å². The van der Waals surface area contributed by atoms with Gasteiger partial charge in [-0.1, -0.05) is 12.0 Å². The minimum Gasteiger partial charge on any atom is -0.373 e. The monoisotopic (exact) mass is 411 g/mol. The van der Waals surface area contributed by atoms with Gasteiger partial charge < -0.3 is 4.74 Å². The molecule has 1 aromatic heterocycles. The summed E-state index contributed by atoms with van der Waals surface area (Å²) in [6, 6.07) is 12.2. The fourth-order valence-corrected chi connectivity index (χ4v) is 3.74. The van der Waals surface area contributed by atoms with Crippen molar-refractivity contribution in [3.05, 3.63) is 76.9 Å². The number of primary sulfonamides is 1. The van der Waals surface area contributed by atoms with E-state index in [1.807, 2.05) is 6.92 Å². The van der Waals surface area contributed by atoms with E-state index in [2.05, 4.69) is 16.9 Å². The summed E-state index contributed by atoms with van der Waals surface area (Å²) >= 11 is 0. The molecule has 0 radical (unpaired) electrons. The third-order valence-electron chi connectivity index (χ3n) is 4.64. The number of halogens is 1. The summed E-state index contributed by atoms with van der Waals surface area (Å²) in [5.41, 5.74) is 3.63. The van der Waals surface area contributed by atoms with Gasteiger partial charge in [-0.3, -0.25) is 0 Å². The Kier molecular flexibility index (Phi) is 4.96. The van der Waals surface area contributed by atoms with Gasteiger partial charge in [0, 0.05) is 17.5 Å². The van der Waals surface area contributed by atoms with Crippen LogP contribution in [-0.2, 0) is 27.8 Å². The number of hydrogen-bond donors (Lipinski definition) is 1. The highest BCUT2D eigenvalue weighted by molar-refractivity contribution is 7.89. The van der Waals surface area contributed by atoms with Crippen molar-refractivity contribution in [1.29, 1.82) is 0 Å². The smallest absolute Gasteiger partial charge is 0.238 e. The SMILES string of the molecule is C[C@H]1Cc2c(c(C#Cc3cccc(S(N)(=O)=O)c3)nn2-c2ccc(F)cc2)CO1. The first kappa shape index (κ1) is 19.3. The molecule has 2 heterocycles. The molecule has 0 saturated carbocycles. The van der Waals surface area contributed by atoms with Crippen LogP contribution in [0.15, 0.2) is 53.4 Å². The number of aromatic nitrogens is 2. The fraction of sp³-hybridized carbons (Fsp3) is 0.190. The second-order valence-electron chi connectivity index (χ2n) is 6.81. The summed E-state index contributed by atoms with van der Waals surface area (Å²) in [6.45, 7) is 2.36. The van der Waals surface area contributed by atoms with Crippen LogP contribution in [0.5, 0.6) is 0 Å². The molecule has 3 aromatic rings. The summed E-state index contributed by atoms with van der Waals surface area (Å²) in [7, 11) is -3.80. The quantitative estimate of drug-likeness (QED) is 0.657. The highest BCUT2D eigenvalue weighted by atomic mass is 32.2. The molecule has 4 rings (SSSR count). The molecule has 0 bridgehead atoms. The van der Waals surface area contributed by atoms with Crippen LogP contribution in [0, 0.1) is 17.7 Å². The molecule has 2 aromatic carbocycles. The lowest BCUT2D eigenvalue weighted by Gasteiger charge is -2.20. The molecule has 0 fully saturated rings. The standard InChI is InChI=1S/C21H18FN3O3S/c1-14-11-21-19(13-28-14)20(24-25(21)17-8-6-16(22)7-9-17)10-5-15-3-2-4-18(12-15)29(23,26)27/h2-4,6-9,12,14H,11,13H2,1H3,(H2,23,26,27)/t14-/m0/s1. The Bertz CT molecular complexity index is 1240. The summed E-state index contributed by atoms with van der Waals surface area (Å²) in [6.07, 6.45) is 0.688. The zero-order valence-corrected chi connectivity index (χ0v) is 16.4. The molecular formula is C21H18FN3O3S. The number of hydrogen-bond acceptors (Lipinski definition) is 4. The Morgan fingerprint density at radius 1 is 1.21 bits per heavy atom. The van der Waals surface area contributed by atoms with Crippen LogP contribution in [-0.4, -0.2) is 24.3 Å². The molecule has 0 amide bonds. The van der Waals surface area contributed by atoms with Gasteiger partial charge in [0.25, 0.3) is 0 Å². The molecule has 8 heteroatoms. The Morgan fingerprint density at radius 2 is 1.97 bits per heavy atom. The Labute approximate surface area is 168 Å². The maximum Gasteiger partial charge on any atom is 0.238 e. The molecular weight excluding hydrogens is 393 g/mol. The molecule has 0 saturated heterocycles. The third-order valence-corrected chi connectivity index (χ3v) is 5.55. The van der Waals surface area contributed by atoms with Gasteiger partial charge in [-0.05, 0) is 55.3 Å². The van der Waals surface area contributed by atoms with Crippen molar-refractivity contribution in [1.82, 2.24) is 9.78 Å². The van der Waals surface area contributed by atoms with Crippen LogP contribution in [0.3, 0.4) is 0 Å². The van der Waals surface area contributed by atoms with Crippen LogP contribution in [0.1, 0.15) is 29.4 Å². The fourth-order valence-electron chi connectivity index (χ4n) is 3.18. The zero-order valence-electron chi connectivity index (χ0n) is 15.6. The zero-order chi connectivity index (χ0) is 20.6. The van der Waals surface area contributed by atoms with E-state index < -0.39 is 10.0 Å². The van der Waals surface area contributed by atoms with Gasteiger partial charge in [0.15, 0.2) is 0 Å². The summed E-state index contributed by atoms with van der Waals surface area (Å²) in [5, 5.41) is 9.79. The van der Waals surface area contributed by atoms with E-state index in [4.69, 9.17) is 9.88 Å². The average molecular weight is 411 g/mol. The van der Waals surface area contributed by atoms with E-state index in [0.717, 1.165) is 16.9 Å². The molecule has 1 atom stereocenters. The van der Waals surface area contributed by atoms with Crippen LogP contribution in [0.25, 0.3) is 5.69 Å². The maximum absolute atomic E-state index is 13.3. The number of nitrogens with two attached hydrogens (primary N) is 1. The number of benzene rings is 2. The average Bonchev–Trinajstić information content (AvgIpc) is 3.04. The van der Waals surface area contributed by atoms with Gasteiger partial charge in [-0.25, -0.2) is 22.6 Å². The lowest BCUT2D eigenvalue weighted by atomic mass is 10.1. The van der Waals surface area contributed by atoms with Crippen LogP contribution < -0.4 is 5.14 Å². The number of fused-ring (bicyclic) bond motifs is 1. The van der Waals surface area contributed by atoms with Gasteiger partial charge in [0.2, 0.25) is 10.0 Å². The first-order valence-electron chi connectivity index (χ1n) is 8.94. The molecule has 1 aliphatic heterocycles. The van der Waals surface area contributed by atoms with Gasteiger partial charge >= 0.3 is 0 Å². The minimum atomic E-state index is -3.80. The number of sulfonamides is 1. The lowest BCUT2D eigenvalue weighted by molar-refractivity contribution is 0.0397. The highest BCUT2D eigenvalue weighted by Crippen LogP contribution is 2.26. The normalized spacial score (nSPS) is 16.0. The van der Waals surface area contributed by atoms with Crippen molar-refractivity contribution in [3.8, 4) is 17.5 Å². The van der Waals surface area contributed by atoms with E-state index in [1.165, 1.54) is 24.3 Å². The molecule has 0 spiro atoms. The van der Waals surface area contributed by atoms with Crippen LogP contribution >= 0.6 is 0 Å². The second kappa shape index (κ2) is 7.44. The molecule has 148 valence electrons. The number of nitrogens with zero attached hydrogens (tertiary/aromatic N) is 2. The molecule has 1 aliphatic rings. The van der Waals surface area contributed by atoms with Gasteiger partial charge in [-0.2, -0.15) is 5.10 Å². The van der Waals surface area contributed by atoms with E-state index >= 15 is 0 Å². The van der Waals surface area contributed by atoms with Gasteiger partial charge in [0.1, 0.15) is 11.5 Å². The topological polar surface area (TPSA) is 87.2 Å². The Hall–Kier alpha value is -2.99. The molecule has 6 nitrogen and oxygen atoms in total. The summed E-state index contributed by atoms with van der Waals surface area (Å²) in [5.74, 6) is 5.64. The lowest BCUT2D eigenvalue weighted by Crippen LogP contribution is -2.21. The Morgan fingerprint density at radius 3 is 2.69 bits per heavy atom. The largest absolute Gasteiger partial charge is 0.373 e. The second-order valence-corrected chi connectivity index (χ2v) is 8.37. The first-order valence-corrected chi connectivity index (χ1v) is 10.5. The van der Waals surface area contributed by atoms with Crippen molar-refractivity contribution in [2.75, 3.05) is 0 Å². The van der Waals surface area contributed by atoms with Gasteiger partial charge in [-0.15, -0.1) is 0 Å². The summed E-state index contributed by atoms with van der Waals surface area (Å²) < 4.78 is 43.9. The molecule has 0 aliphatic carbocycles. The molecule has 29 heavy (non-hydrogen) atoms. The molecule has 2 N–H and O–H groups in total. The first-order chi connectivity index (χ1) is 13.8.